The maximum atomic E-state index is 6.06. The van der Waals surface area contributed by atoms with E-state index in [0.29, 0.717) is 34.6 Å². The Labute approximate surface area is 122 Å². The molecule has 0 bridgehead atoms. The smallest absolute Gasteiger partial charge is 0.119 e. The molecule has 0 saturated heterocycles. The molecule has 19 heavy (non-hydrogen) atoms. The largest absolute Gasteiger partial charge is 0.492 e. The van der Waals surface area contributed by atoms with Crippen LogP contribution < -0.4 is 15.8 Å². The van der Waals surface area contributed by atoms with Crippen molar-refractivity contribution < 1.29 is 4.74 Å². The second-order valence-electron chi connectivity index (χ2n) is 3.95. The molecule has 0 aliphatic carbocycles. The Kier molecular flexibility index (Phi) is 4.77. The van der Waals surface area contributed by atoms with Crippen molar-refractivity contribution in [2.75, 3.05) is 24.2 Å². The number of rotatable bonds is 5. The predicted molar refractivity (Wildman–Crippen MR) is 81.3 cm³/mol. The molecule has 3 nitrogen and oxygen atoms in total. The van der Waals surface area contributed by atoms with Crippen molar-refractivity contribution in [2.45, 2.75) is 0 Å². The zero-order valence-electron chi connectivity index (χ0n) is 10.2. The highest BCUT2D eigenvalue weighted by Gasteiger charge is 2.06. The zero-order valence-corrected chi connectivity index (χ0v) is 11.7. The molecule has 100 valence electrons. The predicted octanol–water partition coefficient (Wildman–Crippen LogP) is 4.07. The van der Waals surface area contributed by atoms with Gasteiger partial charge in [-0.3, -0.25) is 0 Å². The summed E-state index contributed by atoms with van der Waals surface area (Å²) in [5.41, 5.74) is 6.86. The molecule has 0 unspecified atom stereocenters. The number of hydrogen-bond acceptors (Lipinski definition) is 3. The van der Waals surface area contributed by atoms with Crippen molar-refractivity contribution in [3.8, 4) is 5.75 Å². The molecule has 0 aliphatic rings. The van der Waals surface area contributed by atoms with Gasteiger partial charge in [-0.1, -0.05) is 41.4 Å². The molecule has 0 heterocycles. The van der Waals surface area contributed by atoms with Crippen molar-refractivity contribution in [1.29, 1.82) is 0 Å². The Bertz CT molecular complexity index is 523. The number of anilines is 2. The van der Waals surface area contributed by atoms with Crippen LogP contribution in [0.3, 0.4) is 0 Å². The topological polar surface area (TPSA) is 47.3 Å². The molecule has 0 atom stereocenters. The van der Waals surface area contributed by atoms with Crippen LogP contribution in [-0.2, 0) is 0 Å². The van der Waals surface area contributed by atoms with E-state index in [0.717, 1.165) is 5.75 Å². The van der Waals surface area contributed by atoms with E-state index in [9.17, 15) is 0 Å². The van der Waals surface area contributed by atoms with Crippen LogP contribution in [0, 0.1) is 0 Å². The van der Waals surface area contributed by atoms with E-state index in [1.807, 2.05) is 30.3 Å². The average Bonchev–Trinajstić information content (AvgIpc) is 2.38. The first-order valence-electron chi connectivity index (χ1n) is 5.83. The summed E-state index contributed by atoms with van der Waals surface area (Å²) in [6.45, 7) is 1.11. The molecule has 0 aliphatic heterocycles. The molecular formula is C14H14Cl2N2O. The van der Waals surface area contributed by atoms with E-state index in [-0.39, 0.29) is 0 Å². The Morgan fingerprint density at radius 1 is 1.05 bits per heavy atom. The van der Waals surface area contributed by atoms with Crippen LogP contribution in [0.25, 0.3) is 0 Å². The van der Waals surface area contributed by atoms with E-state index < -0.39 is 0 Å². The number of para-hydroxylation sites is 1. The maximum absolute atomic E-state index is 6.06. The van der Waals surface area contributed by atoms with E-state index in [1.54, 1.807) is 12.1 Å². The van der Waals surface area contributed by atoms with Crippen molar-refractivity contribution in [2.24, 2.45) is 0 Å². The van der Waals surface area contributed by atoms with Gasteiger partial charge < -0.3 is 15.8 Å². The lowest BCUT2D eigenvalue weighted by Gasteiger charge is -2.12. The number of nitrogens with two attached hydrogens (primary N) is 1. The average molecular weight is 297 g/mol. The van der Waals surface area contributed by atoms with Crippen LogP contribution in [0.15, 0.2) is 42.5 Å². The summed E-state index contributed by atoms with van der Waals surface area (Å²) < 4.78 is 5.56. The second-order valence-corrected chi connectivity index (χ2v) is 4.76. The quantitative estimate of drug-likeness (QED) is 0.646. The normalized spacial score (nSPS) is 10.2. The lowest BCUT2D eigenvalue weighted by Crippen LogP contribution is -2.12. The molecular weight excluding hydrogens is 283 g/mol. The van der Waals surface area contributed by atoms with Gasteiger partial charge in [0, 0.05) is 12.2 Å². The van der Waals surface area contributed by atoms with E-state index in [2.05, 4.69) is 5.32 Å². The Balaban J connectivity index is 1.86. The molecule has 3 N–H and O–H groups in total. The molecule has 0 spiro atoms. The SMILES string of the molecule is Nc1cc(Cl)c(NCCOc2ccccc2)c(Cl)c1. The monoisotopic (exact) mass is 296 g/mol. The van der Waals surface area contributed by atoms with Crippen LogP contribution in [0.2, 0.25) is 10.0 Å². The van der Waals surface area contributed by atoms with Gasteiger partial charge in [-0.25, -0.2) is 0 Å². The van der Waals surface area contributed by atoms with Gasteiger partial charge in [0.15, 0.2) is 0 Å². The Morgan fingerprint density at radius 2 is 1.68 bits per heavy atom. The Hall–Kier alpha value is -1.58. The van der Waals surface area contributed by atoms with Gasteiger partial charge in [-0.15, -0.1) is 0 Å². The molecule has 0 saturated carbocycles. The summed E-state index contributed by atoms with van der Waals surface area (Å²) in [5, 5.41) is 4.14. The third kappa shape index (κ3) is 3.94. The lowest BCUT2D eigenvalue weighted by molar-refractivity contribution is 0.333. The fourth-order valence-corrected chi connectivity index (χ4v) is 2.26. The fraction of sp³-hybridized carbons (Fsp3) is 0.143. The van der Waals surface area contributed by atoms with Gasteiger partial charge in [-0.2, -0.15) is 0 Å². The molecule has 0 fully saturated rings. The zero-order chi connectivity index (χ0) is 13.7. The lowest BCUT2D eigenvalue weighted by atomic mass is 10.3. The second kappa shape index (κ2) is 6.55. The maximum Gasteiger partial charge on any atom is 0.119 e. The number of hydrogen-bond donors (Lipinski definition) is 2. The van der Waals surface area contributed by atoms with Crippen LogP contribution in [-0.4, -0.2) is 13.2 Å². The first-order chi connectivity index (χ1) is 9.16. The number of nitrogens with one attached hydrogen (secondary N) is 1. The van der Waals surface area contributed by atoms with Gasteiger partial charge in [0.2, 0.25) is 0 Å². The highest BCUT2D eigenvalue weighted by atomic mass is 35.5. The van der Waals surface area contributed by atoms with Crippen molar-refractivity contribution in [3.63, 3.8) is 0 Å². The van der Waals surface area contributed by atoms with Gasteiger partial charge in [0.05, 0.1) is 15.7 Å². The molecule has 0 radical (unpaired) electrons. The van der Waals surface area contributed by atoms with Crippen molar-refractivity contribution in [3.05, 3.63) is 52.5 Å². The first-order valence-corrected chi connectivity index (χ1v) is 6.58. The number of halogens is 2. The summed E-state index contributed by atoms with van der Waals surface area (Å²) >= 11 is 12.1. The summed E-state index contributed by atoms with van der Waals surface area (Å²) in [7, 11) is 0. The molecule has 0 amide bonds. The molecule has 2 aromatic carbocycles. The van der Waals surface area contributed by atoms with Gasteiger partial charge in [-0.05, 0) is 24.3 Å². The van der Waals surface area contributed by atoms with Crippen LogP contribution in [0.1, 0.15) is 0 Å². The minimum absolute atomic E-state index is 0.504. The minimum atomic E-state index is 0.504. The van der Waals surface area contributed by atoms with Crippen molar-refractivity contribution in [1.82, 2.24) is 0 Å². The van der Waals surface area contributed by atoms with Gasteiger partial charge >= 0.3 is 0 Å². The van der Waals surface area contributed by atoms with E-state index in [4.69, 9.17) is 33.7 Å². The Morgan fingerprint density at radius 3 is 2.32 bits per heavy atom. The molecule has 2 rings (SSSR count). The number of nitrogen functional groups attached to an aromatic ring is 1. The van der Waals surface area contributed by atoms with Crippen molar-refractivity contribution >= 4 is 34.6 Å². The molecule has 5 heteroatoms. The molecule has 0 aromatic heterocycles. The number of benzene rings is 2. The molecule has 2 aromatic rings. The highest BCUT2D eigenvalue weighted by molar-refractivity contribution is 6.39. The summed E-state index contributed by atoms with van der Waals surface area (Å²) in [6, 6.07) is 12.9. The van der Waals surface area contributed by atoms with Gasteiger partial charge in [0.25, 0.3) is 0 Å². The number of ether oxygens (including phenoxy) is 1. The third-order valence-electron chi connectivity index (χ3n) is 2.48. The van der Waals surface area contributed by atoms with Crippen LogP contribution in [0.4, 0.5) is 11.4 Å². The summed E-state index contributed by atoms with van der Waals surface area (Å²) in [6.07, 6.45) is 0. The standard InChI is InChI=1S/C14H14Cl2N2O/c15-12-8-10(17)9-13(16)14(12)18-6-7-19-11-4-2-1-3-5-11/h1-5,8-9,18H,6-7,17H2. The van der Waals surface area contributed by atoms with Gasteiger partial charge in [0.1, 0.15) is 12.4 Å². The highest BCUT2D eigenvalue weighted by Crippen LogP contribution is 2.32. The third-order valence-corrected chi connectivity index (χ3v) is 3.08. The summed E-state index contributed by atoms with van der Waals surface area (Å²) in [5.74, 6) is 0.832. The van der Waals surface area contributed by atoms with Crippen LogP contribution in [0.5, 0.6) is 5.75 Å². The van der Waals surface area contributed by atoms with E-state index in [1.165, 1.54) is 0 Å². The van der Waals surface area contributed by atoms with Crippen LogP contribution >= 0.6 is 23.2 Å². The minimum Gasteiger partial charge on any atom is -0.492 e. The van der Waals surface area contributed by atoms with E-state index >= 15 is 0 Å². The fourth-order valence-electron chi connectivity index (χ4n) is 1.62. The summed E-state index contributed by atoms with van der Waals surface area (Å²) in [4.78, 5) is 0. The first kappa shape index (κ1) is 13.8.